The molecule has 1 N–H and O–H groups in total. The Morgan fingerprint density at radius 3 is 2.27 bits per heavy atom. The number of rotatable bonds is 12. The number of methoxy groups -OCH3 is 1. The number of ether oxygens (including phenoxy) is 4. The highest BCUT2D eigenvalue weighted by molar-refractivity contribution is 7.92. The summed E-state index contributed by atoms with van der Waals surface area (Å²) in [6.07, 6.45) is 2.97. The summed E-state index contributed by atoms with van der Waals surface area (Å²) in [5, 5.41) is 0. The number of carbonyl (C=O) groups excluding carboxylic acids is 1. The SMILES string of the molecule is COc1ccccc1Oc1c(NS(=O)(=O)c2ccccc2)nc(-c2ncccn2)nc1OCCOC=O. The molecular weight excluding hydrogens is 502 g/mol. The van der Waals surface area contributed by atoms with E-state index in [-0.39, 0.29) is 59.4 Å². The number of aromatic nitrogens is 4. The molecule has 0 amide bonds. The van der Waals surface area contributed by atoms with Crippen LogP contribution in [0.4, 0.5) is 5.82 Å². The minimum absolute atomic E-state index is 0.00350. The molecule has 12 nitrogen and oxygen atoms in total. The predicted octanol–water partition coefficient (Wildman–Crippen LogP) is 3.09. The van der Waals surface area contributed by atoms with Gasteiger partial charge >= 0.3 is 0 Å². The number of benzene rings is 2. The molecule has 190 valence electrons. The van der Waals surface area contributed by atoms with Gasteiger partial charge in [-0.1, -0.05) is 30.3 Å². The van der Waals surface area contributed by atoms with E-state index in [1.165, 1.54) is 31.6 Å². The first kappa shape index (κ1) is 25.3. The summed E-state index contributed by atoms with van der Waals surface area (Å²) >= 11 is 0. The van der Waals surface area contributed by atoms with Gasteiger partial charge in [0.2, 0.25) is 11.6 Å². The molecule has 0 atom stereocenters. The van der Waals surface area contributed by atoms with Crippen molar-refractivity contribution in [1.29, 1.82) is 0 Å². The van der Waals surface area contributed by atoms with E-state index >= 15 is 0 Å². The van der Waals surface area contributed by atoms with Gasteiger partial charge in [0.1, 0.15) is 13.2 Å². The summed E-state index contributed by atoms with van der Waals surface area (Å²) in [6, 6.07) is 16.1. The van der Waals surface area contributed by atoms with E-state index in [0.717, 1.165) is 0 Å². The van der Waals surface area contributed by atoms with Gasteiger partial charge in [-0.25, -0.2) is 23.4 Å². The quantitative estimate of drug-likeness (QED) is 0.215. The average molecular weight is 524 g/mol. The van der Waals surface area contributed by atoms with Gasteiger partial charge in [-0.2, -0.15) is 4.98 Å². The molecule has 0 saturated carbocycles. The fraction of sp³-hybridized carbons (Fsp3) is 0.125. The van der Waals surface area contributed by atoms with Crippen LogP contribution in [0.2, 0.25) is 0 Å². The lowest BCUT2D eigenvalue weighted by Crippen LogP contribution is -2.17. The van der Waals surface area contributed by atoms with E-state index in [9.17, 15) is 13.2 Å². The normalized spacial score (nSPS) is 10.8. The number of hydrogen-bond acceptors (Lipinski definition) is 11. The van der Waals surface area contributed by atoms with Crippen LogP contribution < -0.4 is 18.9 Å². The third-order valence-electron chi connectivity index (χ3n) is 4.67. The Morgan fingerprint density at radius 2 is 1.57 bits per heavy atom. The summed E-state index contributed by atoms with van der Waals surface area (Å²) in [6.45, 7) is 0.0695. The van der Waals surface area contributed by atoms with Crippen molar-refractivity contribution in [3.8, 4) is 34.8 Å². The Hall–Kier alpha value is -4.78. The van der Waals surface area contributed by atoms with Crippen LogP contribution in [-0.2, 0) is 19.6 Å². The zero-order valence-corrected chi connectivity index (χ0v) is 20.3. The molecule has 4 rings (SSSR count). The van der Waals surface area contributed by atoms with E-state index in [1.807, 2.05) is 0 Å². The Labute approximate surface area is 212 Å². The van der Waals surface area contributed by atoms with E-state index in [0.29, 0.717) is 5.75 Å². The van der Waals surface area contributed by atoms with Crippen LogP contribution in [0.15, 0.2) is 78.0 Å². The smallest absolute Gasteiger partial charge is 0.293 e. The van der Waals surface area contributed by atoms with Crippen molar-refractivity contribution in [2.24, 2.45) is 0 Å². The first-order chi connectivity index (χ1) is 18.0. The number of nitrogens with one attached hydrogen (secondary N) is 1. The number of hydrogen-bond donors (Lipinski definition) is 1. The number of nitrogens with zero attached hydrogens (tertiary/aromatic N) is 4. The summed E-state index contributed by atoms with van der Waals surface area (Å²) in [5.74, 6) is 0.138. The standard InChI is InChI=1S/C24H21N5O7S/c1-33-18-10-5-6-11-19(18)36-20-21(29-37(31,32)17-8-3-2-4-9-17)27-23(22-25-12-7-13-26-22)28-24(20)35-15-14-34-16-30/h2-13,16H,14-15H2,1H3,(H,27,28,29). The van der Waals surface area contributed by atoms with Gasteiger partial charge < -0.3 is 18.9 Å². The maximum absolute atomic E-state index is 13.2. The lowest BCUT2D eigenvalue weighted by atomic mass is 10.3. The van der Waals surface area contributed by atoms with Crippen LogP contribution in [0, 0.1) is 0 Å². The van der Waals surface area contributed by atoms with Crippen molar-refractivity contribution in [3.63, 3.8) is 0 Å². The van der Waals surface area contributed by atoms with Crippen molar-refractivity contribution < 1.29 is 32.2 Å². The third-order valence-corrected chi connectivity index (χ3v) is 6.03. The molecule has 37 heavy (non-hydrogen) atoms. The van der Waals surface area contributed by atoms with Gasteiger partial charge in [0.15, 0.2) is 23.1 Å². The van der Waals surface area contributed by atoms with E-state index in [1.54, 1.807) is 48.5 Å². The molecule has 0 aliphatic rings. The molecule has 0 saturated heterocycles. The van der Waals surface area contributed by atoms with E-state index < -0.39 is 10.0 Å². The van der Waals surface area contributed by atoms with E-state index in [4.69, 9.17) is 14.2 Å². The Morgan fingerprint density at radius 1 is 0.865 bits per heavy atom. The first-order valence-corrected chi connectivity index (χ1v) is 12.3. The predicted molar refractivity (Wildman–Crippen MR) is 131 cm³/mol. The highest BCUT2D eigenvalue weighted by atomic mass is 32.2. The van der Waals surface area contributed by atoms with Gasteiger partial charge in [-0.3, -0.25) is 9.52 Å². The third kappa shape index (κ3) is 6.27. The van der Waals surface area contributed by atoms with Crippen LogP contribution in [-0.4, -0.2) is 55.1 Å². The monoisotopic (exact) mass is 523 g/mol. The van der Waals surface area contributed by atoms with Crippen molar-refractivity contribution >= 4 is 22.3 Å². The molecule has 13 heteroatoms. The Bertz CT molecular complexity index is 1460. The van der Waals surface area contributed by atoms with Gasteiger partial charge in [-0.05, 0) is 30.3 Å². The molecule has 0 fully saturated rings. The van der Waals surface area contributed by atoms with Crippen molar-refractivity contribution in [3.05, 3.63) is 73.1 Å². The topological polar surface area (TPSA) is 152 Å². The molecule has 0 radical (unpaired) electrons. The van der Waals surface area contributed by atoms with Crippen molar-refractivity contribution in [2.75, 3.05) is 25.0 Å². The average Bonchev–Trinajstić information content (AvgIpc) is 2.93. The second-order valence-corrected chi connectivity index (χ2v) is 8.77. The number of para-hydroxylation sites is 2. The maximum atomic E-state index is 13.2. The van der Waals surface area contributed by atoms with Crippen LogP contribution in [0.5, 0.6) is 23.1 Å². The van der Waals surface area contributed by atoms with Gasteiger partial charge in [0, 0.05) is 12.4 Å². The highest BCUT2D eigenvalue weighted by Gasteiger charge is 2.25. The molecule has 2 aromatic heterocycles. The number of carbonyl (C=O) groups is 1. The first-order valence-electron chi connectivity index (χ1n) is 10.8. The Kier molecular flexibility index (Phi) is 8.05. The summed E-state index contributed by atoms with van der Waals surface area (Å²) < 4.78 is 50.6. The molecular formula is C24H21N5O7S. The largest absolute Gasteiger partial charge is 0.493 e. The van der Waals surface area contributed by atoms with Gasteiger partial charge in [0.05, 0.1) is 12.0 Å². The van der Waals surface area contributed by atoms with Gasteiger partial charge in [-0.15, -0.1) is 0 Å². The van der Waals surface area contributed by atoms with Gasteiger partial charge in [0.25, 0.3) is 22.4 Å². The highest BCUT2D eigenvalue weighted by Crippen LogP contribution is 2.41. The second kappa shape index (κ2) is 11.8. The zero-order valence-electron chi connectivity index (χ0n) is 19.5. The molecule has 0 spiro atoms. The van der Waals surface area contributed by atoms with Crippen molar-refractivity contribution in [1.82, 2.24) is 19.9 Å². The molecule has 4 aromatic rings. The zero-order chi connectivity index (χ0) is 26.1. The minimum Gasteiger partial charge on any atom is -0.493 e. The second-order valence-electron chi connectivity index (χ2n) is 7.09. The molecule has 2 aromatic carbocycles. The molecule has 0 aliphatic carbocycles. The summed E-state index contributed by atoms with van der Waals surface area (Å²) in [5.41, 5.74) is 0. The van der Waals surface area contributed by atoms with E-state index in [2.05, 4.69) is 29.4 Å². The lowest BCUT2D eigenvalue weighted by Gasteiger charge is -2.18. The fourth-order valence-electron chi connectivity index (χ4n) is 3.04. The van der Waals surface area contributed by atoms with Crippen LogP contribution in [0.3, 0.4) is 0 Å². The maximum Gasteiger partial charge on any atom is 0.293 e. The van der Waals surface area contributed by atoms with Crippen LogP contribution in [0.25, 0.3) is 11.6 Å². The number of sulfonamides is 1. The molecule has 2 heterocycles. The van der Waals surface area contributed by atoms with Crippen LogP contribution in [0.1, 0.15) is 0 Å². The van der Waals surface area contributed by atoms with Crippen molar-refractivity contribution in [2.45, 2.75) is 4.90 Å². The Balaban J connectivity index is 1.86. The lowest BCUT2D eigenvalue weighted by molar-refractivity contribution is -0.129. The number of anilines is 1. The summed E-state index contributed by atoms with van der Waals surface area (Å²) in [7, 11) is -2.65. The molecule has 0 bridgehead atoms. The van der Waals surface area contributed by atoms with Crippen LogP contribution >= 0.6 is 0 Å². The molecule has 0 unspecified atom stereocenters. The fourth-order valence-corrected chi connectivity index (χ4v) is 4.06. The molecule has 0 aliphatic heterocycles. The summed E-state index contributed by atoms with van der Waals surface area (Å²) in [4.78, 5) is 27.5. The minimum atomic E-state index is -4.11.